The van der Waals surface area contributed by atoms with E-state index >= 15 is 0 Å². The molecule has 0 spiro atoms. The second-order valence-corrected chi connectivity index (χ2v) is 11.2. The molecule has 0 saturated carbocycles. The number of carboxylic acids is 1. The van der Waals surface area contributed by atoms with Gasteiger partial charge in [0.25, 0.3) is 0 Å². The van der Waals surface area contributed by atoms with Gasteiger partial charge in [-0.2, -0.15) is 0 Å². The molecule has 2 unspecified atom stereocenters. The van der Waals surface area contributed by atoms with Gasteiger partial charge in [0, 0.05) is 24.5 Å². The van der Waals surface area contributed by atoms with E-state index in [-0.39, 0.29) is 65.6 Å². The molecule has 4 heterocycles. The van der Waals surface area contributed by atoms with Gasteiger partial charge in [0.05, 0.1) is 44.8 Å². The van der Waals surface area contributed by atoms with Crippen LogP contribution < -0.4 is 50.0 Å². The number of hydrogen-bond acceptors (Lipinski definition) is 12. The van der Waals surface area contributed by atoms with Crippen LogP contribution in [0.4, 0.5) is 11.4 Å². The first kappa shape index (κ1) is 41.6. The van der Waals surface area contributed by atoms with E-state index in [1.165, 1.54) is 24.5 Å². The minimum Gasteiger partial charge on any atom is -0.870 e. The Kier molecular flexibility index (Phi) is 14.9. The molecule has 0 aliphatic carbocycles. The maximum Gasteiger partial charge on any atom is 1.00 e. The van der Waals surface area contributed by atoms with Gasteiger partial charge in [-0.15, -0.1) is 0 Å². The van der Waals surface area contributed by atoms with Crippen LogP contribution in [-0.4, -0.2) is 63.4 Å². The molecule has 0 radical (unpaired) electrons. The first-order chi connectivity index (χ1) is 24.0. The van der Waals surface area contributed by atoms with Crippen molar-refractivity contribution >= 4 is 48.5 Å². The SMILES string of the molecule is [C-]#[N+]c1ccnc(Oc2cc(C)c3c(c2)B(O)OC3CC(=O)O)c1.[C-]#[N+]c1ccnc(Oc2cc(C)c3c(c2)B(O)OC3CC(=O)OCC)c1.[Na+].[OH-]. The number of benzene rings is 2. The molecule has 0 fully saturated rings. The van der Waals surface area contributed by atoms with E-state index in [0.29, 0.717) is 46.0 Å². The van der Waals surface area contributed by atoms with Gasteiger partial charge in [-0.3, -0.25) is 9.59 Å². The Morgan fingerprint density at radius 1 is 0.808 bits per heavy atom. The molecule has 2 atom stereocenters. The van der Waals surface area contributed by atoms with Crippen molar-refractivity contribution in [3.63, 3.8) is 0 Å². The number of carboxylic acid groups (broad SMARTS) is 1. The van der Waals surface area contributed by atoms with E-state index in [9.17, 15) is 19.6 Å². The Morgan fingerprint density at radius 2 is 1.25 bits per heavy atom. The van der Waals surface area contributed by atoms with Crippen LogP contribution in [0.2, 0.25) is 0 Å². The minimum absolute atomic E-state index is 0. The number of aromatic nitrogens is 2. The molecular formula is C34H31B2N4NaO11. The third kappa shape index (κ3) is 9.95. The summed E-state index contributed by atoms with van der Waals surface area (Å²) in [5.41, 5.74) is 4.87. The van der Waals surface area contributed by atoms with Gasteiger partial charge in [0.2, 0.25) is 11.8 Å². The second kappa shape index (κ2) is 18.6. The van der Waals surface area contributed by atoms with Crippen molar-refractivity contribution < 1.29 is 83.3 Å². The predicted octanol–water partition coefficient (Wildman–Crippen LogP) is 1.24. The number of nitrogens with zero attached hydrogens (tertiary/aromatic N) is 4. The van der Waals surface area contributed by atoms with Crippen LogP contribution in [0.5, 0.6) is 23.3 Å². The van der Waals surface area contributed by atoms with Crippen LogP contribution in [0.25, 0.3) is 9.69 Å². The summed E-state index contributed by atoms with van der Waals surface area (Å²) in [6.45, 7) is 19.7. The van der Waals surface area contributed by atoms with Crippen LogP contribution in [0, 0.1) is 27.0 Å². The molecule has 0 amide bonds. The first-order valence-corrected chi connectivity index (χ1v) is 15.4. The zero-order valence-corrected chi connectivity index (χ0v) is 30.6. The first-order valence-electron chi connectivity index (χ1n) is 15.4. The number of aryl methyl sites for hydroxylation is 2. The van der Waals surface area contributed by atoms with Crippen LogP contribution in [-0.2, 0) is 23.6 Å². The summed E-state index contributed by atoms with van der Waals surface area (Å²) in [5, 5.41) is 29.2. The third-order valence-electron chi connectivity index (χ3n) is 7.70. The van der Waals surface area contributed by atoms with E-state index in [2.05, 4.69) is 19.7 Å². The summed E-state index contributed by atoms with van der Waals surface area (Å²) in [6.07, 6.45) is 1.54. The minimum atomic E-state index is -1.20. The summed E-state index contributed by atoms with van der Waals surface area (Å²) >= 11 is 0. The largest absolute Gasteiger partial charge is 1.00 e. The number of aliphatic carboxylic acids is 1. The van der Waals surface area contributed by atoms with E-state index in [4.69, 9.17) is 41.8 Å². The Labute approximate surface area is 322 Å². The van der Waals surface area contributed by atoms with Crippen molar-refractivity contribution in [1.82, 2.24) is 9.97 Å². The molecule has 4 aromatic rings. The average Bonchev–Trinajstić information content (AvgIpc) is 3.56. The quantitative estimate of drug-likeness (QED) is 0.127. The van der Waals surface area contributed by atoms with Gasteiger partial charge in [-0.05, 0) is 90.3 Å². The zero-order chi connectivity index (χ0) is 35.9. The third-order valence-corrected chi connectivity index (χ3v) is 7.70. The topological polar surface area (TPSA) is 205 Å². The Balaban J connectivity index is 0.000000271. The zero-order valence-electron chi connectivity index (χ0n) is 28.6. The van der Waals surface area contributed by atoms with E-state index in [1.807, 2.05) is 6.92 Å². The summed E-state index contributed by atoms with van der Waals surface area (Å²) in [7, 11) is -2.34. The molecule has 52 heavy (non-hydrogen) atoms. The number of hydrogen-bond donors (Lipinski definition) is 3. The molecule has 2 aromatic carbocycles. The molecular weight excluding hydrogens is 685 g/mol. The van der Waals surface area contributed by atoms with Gasteiger partial charge in [-0.1, -0.05) is 0 Å². The molecule has 6 rings (SSSR count). The number of carbonyl (C=O) groups excluding carboxylic acids is 1. The molecule has 2 aliphatic heterocycles. The molecule has 0 saturated heterocycles. The number of rotatable bonds is 9. The average molecular weight is 716 g/mol. The van der Waals surface area contributed by atoms with Crippen molar-refractivity contribution in [1.29, 1.82) is 0 Å². The van der Waals surface area contributed by atoms with E-state index < -0.39 is 32.4 Å². The number of esters is 1. The molecule has 2 aromatic heterocycles. The van der Waals surface area contributed by atoms with Crippen molar-refractivity contribution in [2.75, 3.05) is 6.61 Å². The number of pyridine rings is 2. The summed E-state index contributed by atoms with van der Waals surface area (Å²) in [6, 6.07) is 13.0. The van der Waals surface area contributed by atoms with Crippen molar-refractivity contribution in [3.05, 3.63) is 106 Å². The van der Waals surface area contributed by atoms with E-state index in [0.717, 1.165) is 16.7 Å². The maximum atomic E-state index is 11.8. The second-order valence-electron chi connectivity index (χ2n) is 11.2. The fourth-order valence-electron chi connectivity index (χ4n) is 5.70. The predicted molar refractivity (Wildman–Crippen MR) is 182 cm³/mol. The van der Waals surface area contributed by atoms with Crippen molar-refractivity contribution in [2.24, 2.45) is 0 Å². The fraction of sp³-hybridized carbons (Fsp3) is 0.235. The Morgan fingerprint density at radius 3 is 1.65 bits per heavy atom. The van der Waals surface area contributed by atoms with E-state index in [1.54, 1.807) is 50.2 Å². The van der Waals surface area contributed by atoms with Gasteiger partial charge in [-0.25, -0.2) is 19.7 Å². The monoisotopic (exact) mass is 716 g/mol. The van der Waals surface area contributed by atoms with Crippen LogP contribution in [0.3, 0.4) is 0 Å². The molecule has 15 nitrogen and oxygen atoms in total. The van der Waals surface area contributed by atoms with Crippen LogP contribution in [0.15, 0.2) is 60.9 Å². The normalized spacial score (nSPS) is 14.9. The molecule has 0 bridgehead atoms. The standard InChI is InChI=1S/C18H17BN2O5.C16H13BN2O5.Na.H2O/c1-4-24-17(22)10-15-18-11(2)7-13(9-14(18)19(23)26-15)25-16-8-12(20-3)5-6-21-16;1-9-5-11(23-14-6-10(18-2)3-4-19-14)7-12-16(9)13(8-15(20)21)24-17(12)22;;/h5-9,15,23H,4,10H2,1-2H3;3-7,13,22H,8H2,1H3,(H,20,21);;1H2/q;;+1;/p-1. The van der Waals surface area contributed by atoms with Crippen molar-refractivity contribution in [3.8, 4) is 23.3 Å². The smallest absolute Gasteiger partial charge is 0.870 e. The summed E-state index contributed by atoms with van der Waals surface area (Å²) < 4.78 is 27.2. The van der Waals surface area contributed by atoms with Gasteiger partial charge in [0.1, 0.15) is 11.5 Å². The van der Waals surface area contributed by atoms with Crippen LogP contribution >= 0.6 is 0 Å². The van der Waals surface area contributed by atoms with Crippen LogP contribution in [0.1, 0.15) is 54.2 Å². The Bertz CT molecular complexity index is 2020. The maximum absolute atomic E-state index is 11.8. The molecule has 4 N–H and O–H groups in total. The number of carbonyl (C=O) groups is 2. The number of ether oxygens (including phenoxy) is 3. The van der Waals surface area contributed by atoms with Crippen molar-refractivity contribution in [2.45, 2.75) is 45.8 Å². The Hall–Kier alpha value is -4.81. The van der Waals surface area contributed by atoms with Gasteiger partial charge >= 0.3 is 55.7 Å². The molecule has 260 valence electrons. The molecule has 18 heteroatoms. The fourth-order valence-corrected chi connectivity index (χ4v) is 5.70. The summed E-state index contributed by atoms with van der Waals surface area (Å²) in [4.78, 5) is 37.5. The molecule has 2 aliphatic rings. The van der Waals surface area contributed by atoms with Gasteiger partial charge in [0.15, 0.2) is 11.4 Å². The summed E-state index contributed by atoms with van der Waals surface area (Å²) in [5.74, 6) is 0.0693. The number of fused-ring (bicyclic) bond motifs is 2. The van der Waals surface area contributed by atoms with Gasteiger partial charge < -0.3 is 44.2 Å².